The first kappa shape index (κ1) is 15.0. The second-order valence-corrected chi connectivity index (χ2v) is 7.55. The van der Waals surface area contributed by atoms with E-state index in [0.29, 0.717) is 6.42 Å². The van der Waals surface area contributed by atoms with Gasteiger partial charge in [-0.3, -0.25) is 4.79 Å². The van der Waals surface area contributed by atoms with Gasteiger partial charge in [0.15, 0.2) is 0 Å². The van der Waals surface area contributed by atoms with E-state index in [9.17, 15) is 4.79 Å². The number of thioether (sulfide) groups is 1. The first-order valence-corrected chi connectivity index (χ1v) is 8.11. The highest BCUT2D eigenvalue weighted by molar-refractivity contribution is 7.98. The highest BCUT2D eigenvalue weighted by atomic mass is 35.5. The number of carbonyl (C=O) groups is 1. The molecule has 1 N–H and O–H groups in total. The zero-order chi connectivity index (χ0) is 14.3. The fourth-order valence-corrected chi connectivity index (χ4v) is 3.09. The SMILES string of the molecule is CSc1ccc([C@@H](C)NC(=O)[C@@]2(C)CC2(Cl)Cl)cc1. The zero-order valence-corrected chi connectivity index (χ0v) is 13.5. The van der Waals surface area contributed by atoms with Gasteiger partial charge in [0.05, 0.1) is 11.5 Å². The molecule has 104 valence electrons. The van der Waals surface area contributed by atoms with Crippen LogP contribution in [-0.2, 0) is 4.79 Å². The lowest BCUT2D eigenvalue weighted by Crippen LogP contribution is -2.35. The van der Waals surface area contributed by atoms with Crippen LogP contribution in [0.2, 0.25) is 0 Å². The fourth-order valence-electron chi connectivity index (χ4n) is 1.98. The number of benzene rings is 1. The lowest BCUT2D eigenvalue weighted by Gasteiger charge is -2.18. The van der Waals surface area contributed by atoms with Crippen molar-refractivity contribution in [2.24, 2.45) is 5.41 Å². The van der Waals surface area contributed by atoms with Crippen molar-refractivity contribution in [1.29, 1.82) is 0 Å². The molecule has 2 nitrogen and oxygen atoms in total. The number of nitrogens with one attached hydrogen (secondary N) is 1. The van der Waals surface area contributed by atoms with Crippen LogP contribution < -0.4 is 5.32 Å². The van der Waals surface area contributed by atoms with Crippen LogP contribution in [0.5, 0.6) is 0 Å². The van der Waals surface area contributed by atoms with Gasteiger partial charge >= 0.3 is 0 Å². The molecular weight excluding hydrogens is 301 g/mol. The Morgan fingerprint density at radius 2 is 1.89 bits per heavy atom. The number of amides is 1. The number of hydrogen-bond acceptors (Lipinski definition) is 2. The Hall–Kier alpha value is -0.380. The molecule has 1 aromatic carbocycles. The molecule has 0 heterocycles. The second kappa shape index (κ2) is 5.19. The molecule has 1 fully saturated rings. The van der Waals surface area contributed by atoms with Crippen LogP contribution in [0.3, 0.4) is 0 Å². The molecule has 1 aliphatic carbocycles. The Labute approximate surface area is 128 Å². The molecular formula is C14H17Cl2NOS. The van der Waals surface area contributed by atoms with E-state index in [1.165, 1.54) is 4.90 Å². The van der Waals surface area contributed by atoms with Crippen molar-refractivity contribution < 1.29 is 4.79 Å². The van der Waals surface area contributed by atoms with Crippen LogP contribution in [0.15, 0.2) is 29.2 Å². The third-order valence-corrected chi connectivity index (χ3v) is 5.57. The lowest BCUT2D eigenvalue weighted by atomic mass is 10.1. The monoisotopic (exact) mass is 317 g/mol. The van der Waals surface area contributed by atoms with E-state index in [0.717, 1.165) is 5.56 Å². The first-order chi connectivity index (χ1) is 8.80. The van der Waals surface area contributed by atoms with Crippen molar-refractivity contribution in [3.05, 3.63) is 29.8 Å². The van der Waals surface area contributed by atoms with Crippen molar-refractivity contribution >= 4 is 40.9 Å². The summed E-state index contributed by atoms with van der Waals surface area (Å²) in [5, 5.41) is 2.98. The molecule has 0 bridgehead atoms. The summed E-state index contributed by atoms with van der Waals surface area (Å²) in [7, 11) is 0. The van der Waals surface area contributed by atoms with E-state index in [2.05, 4.69) is 17.4 Å². The molecule has 2 atom stereocenters. The van der Waals surface area contributed by atoms with E-state index in [-0.39, 0.29) is 11.9 Å². The molecule has 0 aromatic heterocycles. The predicted molar refractivity (Wildman–Crippen MR) is 81.9 cm³/mol. The van der Waals surface area contributed by atoms with Crippen molar-refractivity contribution in [2.45, 2.75) is 35.5 Å². The summed E-state index contributed by atoms with van der Waals surface area (Å²) in [6, 6.07) is 8.11. The van der Waals surface area contributed by atoms with E-state index in [1.54, 1.807) is 18.7 Å². The first-order valence-electron chi connectivity index (χ1n) is 6.13. The summed E-state index contributed by atoms with van der Waals surface area (Å²) >= 11 is 13.7. The topological polar surface area (TPSA) is 29.1 Å². The molecule has 5 heteroatoms. The third kappa shape index (κ3) is 2.88. The van der Waals surface area contributed by atoms with E-state index in [4.69, 9.17) is 23.2 Å². The number of carbonyl (C=O) groups excluding carboxylic acids is 1. The summed E-state index contributed by atoms with van der Waals surface area (Å²) in [6.07, 6.45) is 2.54. The Kier molecular flexibility index (Phi) is 4.10. The number of alkyl halides is 2. The minimum atomic E-state index is -0.917. The Balaban J connectivity index is 2.01. The van der Waals surface area contributed by atoms with Crippen LogP contribution in [0.25, 0.3) is 0 Å². The van der Waals surface area contributed by atoms with E-state index in [1.807, 2.05) is 25.3 Å². The maximum absolute atomic E-state index is 12.2. The van der Waals surface area contributed by atoms with Gasteiger partial charge in [-0.2, -0.15) is 0 Å². The average Bonchev–Trinajstić information content (AvgIpc) is 2.90. The average molecular weight is 318 g/mol. The molecule has 1 saturated carbocycles. The van der Waals surface area contributed by atoms with Crippen molar-refractivity contribution in [3.8, 4) is 0 Å². The van der Waals surface area contributed by atoms with Crippen molar-refractivity contribution in [2.75, 3.05) is 6.26 Å². The number of hydrogen-bond donors (Lipinski definition) is 1. The van der Waals surface area contributed by atoms with Gasteiger partial charge in [0.2, 0.25) is 5.91 Å². The van der Waals surface area contributed by atoms with Crippen molar-refractivity contribution in [3.63, 3.8) is 0 Å². The molecule has 0 radical (unpaired) electrons. The summed E-state index contributed by atoms with van der Waals surface area (Å²) in [6.45, 7) is 3.76. The van der Waals surface area contributed by atoms with Gasteiger partial charge in [-0.15, -0.1) is 35.0 Å². The smallest absolute Gasteiger partial charge is 0.229 e. The van der Waals surface area contributed by atoms with Crippen LogP contribution >= 0.6 is 35.0 Å². The minimum Gasteiger partial charge on any atom is -0.349 e. The summed E-state index contributed by atoms with van der Waals surface area (Å²) in [4.78, 5) is 13.4. The van der Waals surface area contributed by atoms with Crippen molar-refractivity contribution in [1.82, 2.24) is 5.32 Å². The molecule has 2 rings (SSSR count). The summed E-state index contributed by atoms with van der Waals surface area (Å²) in [5.41, 5.74) is 0.411. The molecule has 0 aliphatic heterocycles. The maximum atomic E-state index is 12.2. The van der Waals surface area contributed by atoms with Crippen LogP contribution in [0, 0.1) is 5.41 Å². The number of rotatable bonds is 4. The second-order valence-electron chi connectivity index (χ2n) is 5.18. The van der Waals surface area contributed by atoms with Gasteiger partial charge in [-0.25, -0.2) is 0 Å². The highest BCUT2D eigenvalue weighted by Gasteiger charge is 2.67. The predicted octanol–water partition coefficient (Wildman–Crippen LogP) is 4.17. The minimum absolute atomic E-state index is 0.0510. The quantitative estimate of drug-likeness (QED) is 0.667. The Morgan fingerprint density at radius 3 is 2.32 bits per heavy atom. The molecule has 0 saturated heterocycles. The molecule has 19 heavy (non-hydrogen) atoms. The number of halogens is 2. The van der Waals surface area contributed by atoms with Crippen LogP contribution in [-0.4, -0.2) is 16.5 Å². The molecule has 1 aromatic rings. The highest BCUT2D eigenvalue weighted by Crippen LogP contribution is 2.63. The summed E-state index contributed by atoms with van der Waals surface area (Å²) < 4.78 is -0.917. The summed E-state index contributed by atoms with van der Waals surface area (Å²) in [5.74, 6) is -0.0843. The molecule has 1 amide bonds. The molecule has 0 unspecified atom stereocenters. The van der Waals surface area contributed by atoms with Gasteiger partial charge in [0.1, 0.15) is 4.33 Å². The van der Waals surface area contributed by atoms with Crippen LogP contribution in [0.1, 0.15) is 31.9 Å². The van der Waals surface area contributed by atoms with E-state index < -0.39 is 9.75 Å². The zero-order valence-electron chi connectivity index (χ0n) is 11.2. The standard InChI is InChI=1S/C14H17Cl2NOS/c1-9(10-4-6-11(19-3)7-5-10)17-12(18)13(2)8-14(13,15)16/h4-7,9H,8H2,1-3H3,(H,17,18)/t9-,13-/m1/s1. The molecule has 1 aliphatic rings. The fraction of sp³-hybridized carbons (Fsp3) is 0.500. The van der Waals surface area contributed by atoms with Gasteiger partial charge < -0.3 is 5.32 Å². The van der Waals surface area contributed by atoms with Gasteiger partial charge in [-0.05, 0) is 44.2 Å². The Bertz CT molecular complexity index is 489. The maximum Gasteiger partial charge on any atom is 0.229 e. The normalized spacial score (nSPS) is 25.7. The van der Waals surface area contributed by atoms with Gasteiger partial charge in [-0.1, -0.05) is 12.1 Å². The van der Waals surface area contributed by atoms with Gasteiger partial charge in [0, 0.05) is 4.90 Å². The van der Waals surface area contributed by atoms with E-state index >= 15 is 0 Å². The lowest BCUT2D eigenvalue weighted by molar-refractivity contribution is -0.126. The van der Waals surface area contributed by atoms with Crippen LogP contribution in [0.4, 0.5) is 0 Å². The third-order valence-electron chi connectivity index (χ3n) is 3.72. The Morgan fingerprint density at radius 1 is 1.37 bits per heavy atom. The molecule has 0 spiro atoms. The van der Waals surface area contributed by atoms with Gasteiger partial charge in [0.25, 0.3) is 0 Å². The largest absolute Gasteiger partial charge is 0.349 e.